The Morgan fingerprint density at radius 1 is 1.32 bits per heavy atom. The summed E-state index contributed by atoms with van der Waals surface area (Å²) in [6, 6.07) is 0. The number of oxazole rings is 1. The van der Waals surface area contributed by atoms with Gasteiger partial charge in [0.25, 0.3) is 0 Å². The molecule has 2 aromatic heterocycles. The van der Waals surface area contributed by atoms with Crippen molar-refractivity contribution in [2.75, 3.05) is 18.4 Å². The van der Waals surface area contributed by atoms with Crippen LogP contribution in [0.2, 0.25) is 0 Å². The van der Waals surface area contributed by atoms with Crippen LogP contribution in [-0.2, 0) is 20.8 Å². The highest BCUT2D eigenvalue weighted by Crippen LogP contribution is 2.32. The molecule has 0 spiro atoms. The number of anilines is 1. The predicted molar refractivity (Wildman–Crippen MR) is 126 cm³/mol. The maximum atomic E-state index is 12.6. The summed E-state index contributed by atoms with van der Waals surface area (Å²) in [4.78, 5) is 35.5. The summed E-state index contributed by atoms with van der Waals surface area (Å²) in [6.07, 6.45) is 5.79. The lowest BCUT2D eigenvalue weighted by atomic mass is 9.94. The number of piperidine rings is 1. The maximum Gasteiger partial charge on any atom is 0.229 e. The molecule has 0 radical (unpaired) electrons. The second-order valence-electron chi connectivity index (χ2n) is 9.04. The molecular weight excluding hydrogens is 432 g/mol. The first-order valence-corrected chi connectivity index (χ1v) is 12.6. The Balaban J connectivity index is 0.00000363. The van der Waals surface area contributed by atoms with E-state index < -0.39 is 0 Å². The smallest absolute Gasteiger partial charge is 0.229 e. The van der Waals surface area contributed by atoms with Crippen molar-refractivity contribution in [1.82, 2.24) is 14.9 Å². The van der Waals surface area contributed by atoms with Crippen LogP contribution in [0.25, 0.3) is 0 Å². The van der Waals surface area contributed by atoms with E-state index >= 15 is 0 Å². The number of thiazole rings is 1. The van der Waals surface area contributed by atoms with Gasteiger partial charge < -0.3 is 14.6 Å². The van der Waals surface area contributed by atoms with Crippen molar-refractivity contribution in [3.05, 3.63) is 24.0 Å². The first kappa shape index (κ1) is 23.8. The van der Waals surface area contributed by atoms with Crippen LogP contribution in [0.15, 0.2) is 21.0 Å². The molecule has 1 aliphatic heterocycles. The molecule has 3 heterocycles. The lowest BCUT2D eigenvalue weighted by Crippen LogP contribution is -2.43. The number of aromatic nitrogens is 2. The number of thioether (sulfide) groups is 1. The fourth-order valence-electron chi connectivity index (χ4n) is 3.30. The lowest BCUT2D eigenvalue weighted by Gasteiger charge is -2.32. The van der Waals surface area contributed by atoms with Crippen LogP contribution in [0.3, 0.4) is 0 Å². The Kier molecular flexibility index (Phi) is 7.80. The van der Waals surface area contributed by atoms with Crippen molar-refractivity contribution in [1.29, 1.82) is 0 Å². The van der Waals surface area contributed by atoms with Crippen LogP contribution in [0.5, 0.6) is 0 Å². The molecule has 9 heteroatoms. The highest BCUT2D eigenvalue weighted by molar-refractivity contribution is 8.00. The van der Waals surface area contributed by atoms with Gasteiger partial charge in [0, 0.05) is 31.8 Å². The minimum atomic E-state index is -0.0795. The molecule has 1 saturated heterocycles. The van der Waals surface area contributed by atoms with Crippen molar-refractivity contribution < 1.29 is 15.4 Å². The van der Waals surface area contributed by atoms with Crippen molar-refractivity contribution in [2.45, 2.75) is 69.3 Å². The summed E-state index contributed by atoms with van der Waals surface area (Å²) in [5.74, 6) is 2.34. The maximum absolute atomic E-state index is 12.6. The van der Waals surface area contributed by atoms with Gasteiger partial charge in [-0.3, -0.25) is 9.59 Å². The summed E-state index contributed by atoms with van der Waals surface area (Å²) >= 11 is 3.05. The zero-order valence-electron chi connectivity index (χ0n) is 18.9. The van der Waals surface area contributed by atoms with Gasteiger partial charge in [-0.1, -0.05) is 46.0 Å². The molecule has 0 bridgehead atoms. The molecule has 0 aromatic carbocycles. The number of nitrogens with zero attached hydrogens (tertiary/aromatic N) is 3. The fraction of sp³-hybridized carbons (Fsp3) is 0.636. The molecule has 1 aliphatic rings. The van der Waals surface area contributed by atoms with E-state index in [4.69, 9.17) is 4.42 Å². The van der Waals surface area contributed by atoms with Crippen molar-refractivity contribution in [3.8, 4) is 0 Å². The Hall–Kier alpha value is -1.87. The molecule has 2 aromatic rings. The zero-order valence-corrected chi connectivity index (χ0v) is 20.6. The molecule has 0 aliphatic carbocycles. The monoisotopic (exact) mass is 466 g/mol. The molecule has 1 atom stereocenters. The summed E-state index contributed by atoms with van der Waals surface area (Å²) in [7, 11) is 0. The molecule has 172 valence electrons. The van der Waals surface area contributed by atoms with Gasteiger partial charge in [-0.2, -0.15) is 0 Å². The molecule has 1 unspecified atom stereocenters. The van der Waals surface area contributed by atoms with E-state index in [9.17, 15) is 9.59 Å². The number of carbonyl (C=O) groups is 2. The summed E-state index contributed by atoms with van der Waals surface area (Å²) in [5.41, 5.74) is -0.0600. The number of hydrogen-bond acceptors (Lipinski definition) is 7. The first-order valence-electron chi connectivity index (χ1n) is 10.8. The zero-order chi connectivity index (χ0) is 22.6. The topological polar surface area (TPSA) is 88.3 Å². The minimum Gasteiger partial charge on any atom is -0.444 e. The average Bonchev–Trinajstić information content (AvgIpc) is 3.40. The van der Waals surface area contributed by atoms with Gasteiger partial charge in [0.05, 0.1) is 22.4 Å². The molecule has 7 nitrogen and oxygen atoms in total. The lowest BCUT2D eigenvalue weighted by molar-refractivity contribution is -0.138. The average molecular weight is 467 g/mol. The summed E-state index contributed by atoms with van der Waals surface area (Å²) < 4.78 is 6.82. The Morgan fingerprint density at radius 2 is 2.03 bits per heavy atom. The number of carbonyl (C=O) groups excluding carboxylic acids is 2. The number of likely N-dealkylation sites (tertiary alicyclic amines) is 1. The number of rotatable bonds is 7. The van der Waals surface area contributed by atoms with Gasteiger partial charge in [0.1, 0.15) is 5.76 Å². The highest BCUT2D eigenvalue weighted by atomic mass is 32.2. The van der Waals surface area contributed by atoms with Crippen LogP contribution >= 0.6 is 23.1 Å². The fourth-order valence-corrected chi connectivity index (χ4v) is 5.02. The third kappa shape index (κ3) is 6.32. The van der Waals surface area contributed by atoms with Crippen LogP contribution < -0.4 is 5.32 Å². The van der Waals surface area contributed by atoms with Crippen LogP contribution in [-0.4, -0.2) is 39.8 Å². The molecule has 1 fully saturated rings. The number of amides is 2. The molecular formula is C22H34N4O3S2. The van der Waals surface area contributed by atoms with E-state index in [1.54, 1.807) is 24.2 Å². The predicted octanol–water partition coefficient (Wildman–Crippen LogP) is 5.19. The first-order chi connectivity index (χ1) is 14.7. The van der Waals surface area contributed by atoms with E-state index in [0.29, 0.717) is 42.7 Å². The van der Waals surface area contributed by atoms with E-state index in [2.05, 4.69) is 36.1 Å². The molecule has 3 rings (SSSR count). The third-order valence-electron chi connectivity index (χ3n) is 5.56. The minimum absolute atomic E-state index is 0. The van der Waals surface area contributed by atoms with Crippen molar-refractivity contribution in [3.63, 3.8) is 0 Å². The van der Waals surface area contributed by atoms with Crippen molar-refractivity contribution in [2.24, 2.45) is 11.8 Å². The summed E-state index contributed by atoms with van der Waals surface area (Å²) in [5, 5.41) is 3.55. The second-order valence-corrected chi connectivity index (χ2v) is 11.3. The van der Waals surface area contributed by atoms with Crippen molar-refractivity contribution >= 4 is 40.0 Å². The third-order valence-corrected chi connectivity index (χ3v) is 7.65. The van der Waals surface area contributed by atoms with Gasteiger partial charge >= 0.3 is 0 Å². The van der Waals surface area contributed by atoms with Crippen LogP contribution in [0, 0.1) is 11.8 Å². The number of nitrogens with one attached hydrogen (secondary N) is 1. The quantitative estimate of drug-likeness (QED) is 0.565. The van der Waals surface area contributed by atoms with E-state index in [0.717, 1.165) is 16.4 Å². The Labute approximate surface area is 193 Å². The van der Waals surface area contributed by atoms with Gasteiger partial charge in [0.2, 0.25) is 17.7 Å². The summed E-state index contributed by atoms with van der Waals surface area (Å²) in [6.45, 7) is 11.6. The SMILES string of the molecule is CCC(C)C(=O)N1CCC(C(=O)Nc2ncc(SCc3ncc(C(C)(C)C)o3)s2)CC1.[HH]. The van der Waals surface area contributed by atoms with E-state index in [1.165, 1.54) is 11.3 Å². The molecule has 31 heavy (non-hydrogen) atoms. The molecule has 0 saturated carbocycles. The van der Waals surface area contributed by atoms with Gasteiger partial charge in [0.15, 0.2) is 5.13 Å². The standard InChI is InChI=1S/C22H32N4O3S2.H2/c1-6-14(2)20(28)26-9-7-15(8-10-26)19(27)25-21-24-12-18(31-21)30-13-17-23-11-16(29-17)22(3,4)5;/h11-12,14-15H,6-10,13H2,1-5H3,(H,24,25,27);1H. The largest absolute Gasteiger partial charge is 0.444 e. The van der Waals surface area contributed by atoms with E-state index in [1.807, 2.05) is 18.7 Å². The Morgan fingerprint density at radius 3 is 2.65 bits per heavy atom. The van der Waals surface area contributed by atoms with Crippen LogP contribution in [0.4, 0.5) is 5.13 Å². The highest BCUT2D eigenvalue weighted by Gasteiger charge is 2.29. The van der Waals surface area contributed by atoms with Crippen LogP contribution in [0.1, 0.15) is 67.0 Å². The van der Waals surface area contributed by atoms with Gasteiger partial charge in [-0.25, -0.2) is 9.97 Å². The molecule has 2 amide bonds. The normalized spacial score (nSPS) is 16.4. The van der Waals surface area contributed by atoms with Gasteiger partial charge in [-0.05, 0) is 19.3 Å². The Bertz CT molecular complexity index is 901. The van der Waals surface area contributed by atoms with Gasteiger partial charge in [-0.15, -0.1) is 11.8 Å². The second kappa shape index (κ2) is 10.2. The van der Waals surface area contributed by atoms with E-state index in [-0.39, 0.29) is 30.5 Å². The number of hydrogen-bond donors (Lipinski definition) is 1. The molecule has 1 N–H and O–H groups in total.